The van der Waals surface area contributed by atoms with E-state index in [1.165, 1.54) is 20.8 Å². The van der Waals surface area contributed by atoms with Gasteiger partial charge in [0.2, 0.25) is 0 Å². The Morgan fingerprint density at radius 1 is 0.914 bits per heavy atom. The summed E-state index contributed by atoms with van der Waals surface area (Å²) in [7, 11) is 0. The molecule has 3 N–H and O–H groups in total. The molecule has 196 valence electrons. The summed E-state index contributed by atoms with van der Waals surface area (Å²) < 4.78 is 16.7. The molecule has 0 radical (unpaired) electrons. The molecule has 9 heteroatoms. The number of carbonyl (C=O) groups excluding carboxylic acids is 3. The third-order valence-corrected chi connectivity index (χ3v) is 8.69. The van der Waals surface area contributed by atoms with Gasteiger partial charge in [0.15, 0.2) is 6.10 Å². The summed E-state index contributed by atoms with van der Waals surface area (Å²) in [5.41, 5.74) is -2.32. The first-order valence-corrected chi connectivity index (χ1v) is 12.0. The van der Waals surface area contributed by atoms with Crippen LogP contribution in [-0.4, -0.2) is 69.3 Å². The Kier molecular flexibility index (Phi) is 7.05. The van der Waals surface area contributed by atoms with Gasteiger partial charge in [0.05, 0.1) is 11.7 Å². The van der Waals surface area contributed by atoms with Gasteiger partial charge < -0.3 is 29.5 Å². The molecule has 0 heterocycles. The Balaban J connectivity index is 2.29. The van der Waals surface area contributed by atoms with Crippen molar-refractivity contribution in [1.29, 1.82) is 0 Å². The summed E-state index contributed by atoms with van der Waals surface area (Å²) in [6, 6.07) is 0. The van der Waals surface area contributed by atoms with Crippen LogP contribution in [-0.2, 0) is 28.6 Å². The van der Waals surface area contributed by atoms with E-state index >= 15 is 0 Å². The molecule has 0 amide bonds. The summed E-state index contributed by atoms with van der Waals surface area (Å²) in [6.07, 6.45) is -5.29. The zero-order chi connectivity index (χ0) is 26.7. The number of carbonyl (C=O) groups is 3. The first kappa shape index (κ1) is 27.4. The molecular weight excluding hydrogens is 456 g/mol. The van der Waals surface area contributed by atoms with Crippen molar-refractivity contribution >= 4 is 17.9 Å². The molecule has 3 aliphatic rings. The zero-order valence-electron chi connectivity index (χ0n) is 21.6. The van der Waals surface area contributed by atoms with E-state index in [1.807, 2.05) is 0 Å². The van der Waals surface area contributed by atoms with Gasteiger partial charge in [0.25, 0.3) is 0 Å². The molecule has 0 aromatic rings. The summed E-state index contributed by atoms with van der Waals surface area (Å²) in [4.78, 5) is 35.8. The molecule has 0 saturated heterocycles. The fraction of sp³-hybridized carbons (Fsp3) is 0.731. The predicted octanol–water partition coefficient (Wildman–Crippen LogP) is 1.97. The van der Waals surface area contributed by atoms with Gasteiger partial charge in [0, 0.05) is 44.4 Å². The lowest BCUT2D eigenvalue weighted by molar-refractivity contribution is -0.209. The minimum Gasteiger partial charge on any atom is -0.458 e. The first-order chi connectivity index (χ1) is 16.0. The third kappa shape index (κ3) is 4.32. The van der Waals surface area contributed by atoms with Gasteiger partial charge >= 0.3 is 17.9 Å². The fourth-order valence-electron chi connectivity index (χ4n) is 6.55. The summed E-state index contributed by atoms with van der Waals surface area (Å²) in [5.74, 6) is -2.44. The van der Waals surface area contributed by atoms with Gasteiger partial charge in [-0.1, -0.05) is 27.4 Å². The van der Waals surface area contributed by atoms with Crippen LogP contribution in [0.1, 0.15) is 67.7 Å². The van der Waals surface area contributed by atoms with Crippen LogP contribution in [0.3, 0.4) is 0 Å². The fourth-order valence-corrected chi connectivity index (χ4v) is 6.55. The second-order valence-electron chi connectivity index (χ2n) is 11.1. The van der Waals surface area contributed by atoms with Crippen LogP contribution in [0.25, 0.3) is 0 Å². The van der Waals surface area contributed by atoms with E-state index in [9.17, 15) is 29.7 Å². The van der Waals surface area contributed by atoms with Crippen LogP contribution in [0.5, 0.6) is 0 Å². The highest BCUT2D eigenvalue weighted by atomic mass is 16.6. The predicted molar refractivity (Wildman–Crippen MR) is 125 cm³/mol. The van der Waals surface area contributed by atoms with Crippen LogP contribution >= 0.6 is 0 Å². The Labute approximate surface area is 206 Å². The van der Waals surface area contributed by atoms with Crippen LogP contribution in [0.15, 0.2) is 23.3 Å². The second-order valence-corrected chi connectivity index (χ2v) is 11.1. The van der Waals surface area contributed by atoms with E-state index < -0.39 is 70.8 Å². The number of ether oxygens (including phenoxy) is 3. The average molecular weight is 495 g/mol. The van der Waals surface area contributed by atoms with E-state index in [0.29, 0.717) is 16.7 Å². The molecule has 3 rings (SSSR count). The van der Waals surface area contributed by atoms with Gasteiger partial charge in [-0.05, 0) is 36.0 Å². The number of rotatable bonds is 3. The van der Waals surface area contributed by atoms with E-state index in [4.69, 9.17) is 14.2 Å². The van der Waals surface area contributed by atoms with Crippen LogP contribution in [0.2, 0.25) is 0 Å². The highest BCUT2D eigenvalue weighted by molar-refractivity contribution is 5.68. The Morgan fingerprint density at radius 3 is 1.94 bits per heavy atom. The molecule has 0 aromatic heterocycles. The minimum absolute atomic E-state index is 0.00515. The van der Waals surface area contributed by atoms with E-state index in [-0.39, 0.29) is 19.3 Å². The molecule has 2 saturated carbocycles. The van der Waals surface area contributed by atoms with Crippen LogP contribution in [0.4, 0.5) is 0 Å². The Bertz CT molecular complexity index is 966. The maximum Gasteiger partial charge on any atom is 0.303 e. The minimum atomic E-state index is -1.51. The van der Waals surface area contributed by atoms with Crippen molar-refractivity contribution in [3.05, 3.63) is 23.3 Å². The summed E-state index contributed by atoms with van der Waals surface area (Å²) >= 11 is 0. The van der Waals surface area contributed by atoms with Crippen molar-refractivity contribution in [3.8, 4) is 0 Å². The lowest BCUT2D eigenvalue weighted by atomic mass is 9.48. The topological polar surface area (TPSA) is 140 Å². The number of hydrogen-bond acceptors (Lipinski definition) is 9. The highest BCUT2D eigenvalue weighted by Gasteiger charge is 2.65. The largest absolute Gasteiger partial charge is 0.458 e. The van der Waals surface area contributed by atoms with Gasteiger partial charge in [-0.3, -0.25) is 14.4 Å². The van der Waals surface area contributed by atoms with Crippen LogP contribution in [0, 0.1) is 16.7 Å². The average Bonchev–Trinajstić information content (AvgIpc) is 2.70. The molecule has 0 spiro atoms. The van der Waals surface area contributed by atoms with Crippen molar-refractivity contribution in [3.63, 3.8) is 0 Å². The van der Waals surface area contributed by atoms with Crippen molar-refractivity contribution in [2.45, 2.75) is 104 Å². The Hall–Kier alpha value is -2.23. The van der Waals surface area contributed by atoms with E-state index in [1.54, 1.807) is 27.7 Å². The smallest absolute Gasteiger partial charge is 0.303 e. The molecule has 0 aliphatic heterocycles. The zero-order valence-corrected chi connectivity index (χ0v) is 21.6. The van der Waals surface area contributed by atoms with E-state index in [2.05, 4.69) is 6.58 Å². The molecule has 35 heavy (non-hydrogen) atoms. The summed E-state index contributed by atoms with van der Waals surface area (Å²) in [6.45, 7) is 14.9. The van der Waals surface area contributed by atoms with Gasteiger partial charge in [-0.15, -0.1) is 0 Å². The molecule has 2 bridgehead atoms. The number of aliphatic hydroxyl groups excluding tert-OH is 2. The lowest BCUT2D eigenvalue weighted by Crippen LogP contribution is -2.67. The summed E-state index contributed by atoms with van der Waals surface area (Å²) in [5, 5.41) is 35.4. The van der Waals surface area contributed by atoms with Crippen molar-refractivity contribution in [2.24, 2.45) is 16.7 Å². The maximum atomic E-state index is 12.2. The normalized spacial score (nSPS) is 40.7. The molecule has 9 nitrogen and oxygen atoms in total. The van der Waals surface area contributed by atoms with Crippen molar-refractivity contribution < 1.29 is 43.9 Å². The SMILES string of the molecule is C=C1[C@@H](OC(C)=O)C[C@@H](O)[C@]2(C)[C@@H]1C[C@]1(O)C[C@H](OC(C)=O)C(C)=C([C@@H](OC(C)=O)[C@@H]2O)C1(C)C. The lowest BCUT2D eigenvalue weighted by Gasteiger charge is -2.61. The number of hydrogen-bond donors (Lipinski definition) is 3. The number of aliphatic hydroxyl groups is 3. The molecule has 8 atom stereocenters. The van der Waals surface area contributed by atoms with Gasteiger partial charge in [0.1, 0.15) is 18.3 Å². The van der Waals surface area contributed by atoms with Crippen molar-refractivity contribution in [1.82, 2.24) is 0 Å². The molecule has 2 fully saturated rings. The molecule has 3 aliphatic carbocycles. The van der Waals surface area contributed by atoms with E-state index in [0.717, 1.165) is 0 Å². The Morgan fingerprint density at radius 2 is 1.43 bits per heavy atom. The monoisotopic (exact) mass is 494 g/mol. The molecule has 0 unspecified atom stereocenters. The first-order valence-electron chi connectivity index (χ1n) is 12.0. The third-order valence-electron chi connectivity index (χ3n) is 8.69. The maximum absolute atomic E-state index is 12.2. The molecule has 0 aromatic carbocycles. The highest BCUT2D eigenvalue weighted by Crippen LogP contribution is 2.61. The molecular formula is C26H38O9. The van der Waals surface area contributed by atoms with Crippen LogP contribution < -0.4 is 0 Å². The standard InChI is InChI=1S/C26H38O9/c1-12-17-10-26(32)11-19(34-15(4)28)13(2)21(24(26,6)7)22(35-16(5)29)23(31)25(17,8)20(30)9-18(12)33-14(3)27/h17-20,22-23,30-32H,1,9-11H2,2-8H3/t17-,18+,19+,20-,22-,23+,25+,26+/m1/s1. The van der Waals surface area contributed by atoms with Crippen molar-refractivity contribution in [2.75, 3.05) is 0 Å². The van der Waals surface area contributed by atoms with Gasteiger partial charge in [-0.25, -0.2) is 0 Å². The second kappa shape index (κ2) is 9.01. The number of esters is 3. The van der Waals surface area contributed by atoms with Gasteiger partial charge in [-0.2, -0.15) is 0 Å². The quantitative estimate of drug-likeness (QED) is 0.305. The number of fused-ring (bicyclic) bond motifs is 3.